The van der Waals surface area contributed by atoms with Crippen LogP contribution in [0.1, 0.15) is 25.7 Å². The van der Waals surface area contributed by atoms with E-state index < -0.39 is 6.09 Å². The van der Waals surface area contributed by atoms with Gasteiger partial charge in [-0.1, -0.05) is 11.6 Å². The highest BCUT2D eigenvalue weighted by atomic mass is 35.5. The van der Waals surface area contributed by atoms with E-state index in [0.717, 1.165) is 25.9 Å². The number of hydrogen-bond donors (Lipinski definition) is 1. The average Bonchev–Trinajstić information content (AvgIpc) is 2.93. The predicted molar refractivity (Wildman–Crippen MR) is 91.6 cm³/mol. The van der Waals surface area contributed by atoms with Crippen LogP contribution in [0.3, 0.4) is 0 Å². The van der Waals surface area contributed by atoms with Crippen molar-refractivity contribution < 1.29 is 23.5 Å². The molecule has 2 heterocycles. The maximum atomic E-state index is 13.1. The summed E-state index contributed by atoms with van der Waals surface area (Å²) >= 11 is 5.98. The van der Waals surface area contributed by atoms with Crippen LogP contribution < -0.4 is 10.1 Å². The number of alkyl carbamates (subject to hydrolysis) is 1. The Bertz CT molecular complexity index is 730. The number of nitrogens with one attached hydrogen (secondary N) is 1. The largest absolute Gasteiger partial charge is 0.489 e. The molecule has 140 valence electrons. The molecule has 1 spiro atoms. The molecule has 1 N–H and O–H groups in total. The molecule has 26 heavy (non-hydrogen) atoms. The SMILES string of the molecule is O=C1N[C@H](CCC(=O)N2CC3(CC(Oc4ccc(F)cc4Cl)C3)C2)CO1. The lowest BCUT2D eigenvalue weighted by Crippen LogP contribution is -2.65. The maximum Gasteiger partial charge on any atom is 0.407 e. The van der Waals surface area contributed by atoms with Crippen molar-refractivity contribution >= 4 is 23.6 Å². The third kappa shape index (κ3) is 3.45. The number of rotatable bonds is 5. The summed E-state index contributed by atoms with van der Waals surface area (Å²) in [5, 5.41) is 2.95. The van der Waals surface area contributed by atoms with Gasteiger partial charge in [-0.15, -0.1) is 0 Å². The van der Waals surface area contributed by atoms with Gasteiger partial charge in [0.2, 0.25) is 5.91 Å². The molecule has 0 unspecified atom stereocenters. The molecule has 0 bridgehead atoms. The van der Waals surface area contributed by atoms with Gasteiger partial charge in [0, 0.05) is 24.9 Å². The number of likely N-dealkylation sites (tertiary alicyclic amines) is 1. The van der Waals surface area contributed by atoms with Crippen LogP contribution in [0.25, 0.3) is 0 Å². The van der Waals surface area contributed by atoms with Gasteiger partial charge in [0.15, 0.2) is 0 Å². The van der Waals surface area contributed by atoms with E-state index in [0.29, 0.717) is 25.2 Å². The van der Waals surface area contributed by atoms with Crippen molar-refractivity contribution in [1.29, 1.82) is 0 Å². The zero-order valence-electron chi connectivity index (χ0n) is 14.2. The highest BCUT2D eigenvalue weighted by Gasteiger charge is 2.54. The summed E-state index contributed by atoms with van der Waals surface area (Å²) in [5.41, 5.74) is 0.150. The van der Waals surface area contributed by atoms with Gasteiger partial charge in [0.25, 0.3) is 0 Å². The molecule has 1 aromatic rings. The van der Waals surface area contributed by atoms with Gasteiger partial charge in [-0.25, -0.2) is 9.18 Å². The number of benzene rings is 1. The molecule has 3 aliphatic rings. The fourth-order valence-electron chi connectivity index (χ4n) is 3.98. The zero-order chi connectivity index (χ0) is 18.3. The van der Waals surface area contributed by atoms with E-state index in [1.807, 2.05) is 4.90 Å². The van der Waals surface area contributed by atoms with Crippen LogP contribution >= 0.6 is 11.6 Å². The Morgan fingerprint density at radius 2 is 2.19 bits per heavy atom. The Hall–Kier alpha value is -2.02. The van der Waals surface area contributed by atoms with E-state index in [9.17, 15) is 14.0 Å². The monoisotopic (exact) mass is 382 g/mol. The minimum atomic E-state index is -0.410. The van der Waals surface area contributed by atoms with E-state index >= 15 is 0 Å². The topological polar surface area (TPSA) is 67.9 Å². The van der Waals surface area contributed by atoms with Gasteiger partial charge >= 0.3 is 6.09 Å². The van der Waals surface area contributed by atoms with Crippen LogP contribution in [0, 0.1) is 11.2 Å². The summed E-state index contributed by atoms with van der Waals surface area (Å²) in [4.78, 5) is 25.1. The smallest absolute Gasteiger partial charge is 0.407 e. The third-order valence-corrected chi connectivity index (χ3v) is 5.65. The molecule has 4 rings (SSSR count). The van der Waals surface area contributed by atoms with Crippen molar-refractivity contribution in [3.8, 4) is 5.75 Å². The summed E-state index contributed by atoms with van der Waals surface area (Å²) in [7, 11) is 0. The molecule has 1 aromatic carbocycles. The minimum Gasteiger partial charge on any atom is -0.489 e. The minimum absolute atomic E-state index is 0.0565. The number of halogens is 2. The van der Waals surface area contributed by atoms with Gasteiger partial charge in [0.05, 0.1) is 11.1 Å². The second-order valence-electron chi connectivity index (χ2n) is 7.45. The van der Waals surface area contributed by atoms with Crippen LogP contribution in [0.4, 0.5) is 9.18 Å². The normalized spacial score (nSPS) is 23.8. The van der Waals surface area contributed by atoms with Crippen LogP contribution in [0.2, 0.25) is 5.02 Å². The molecular weight excluding hydrogens is 363 g/mol. The molecule has 1 aliphatic carbocycles. The lowest BCUT2D eigenvalue weighted by molar-refractivity contribution is -0.160. The number of carbonyl (C=O) groups is 2. The summed E-state index contributed by atoms with van der Waals surface area (Å²) in [5.74, 6) is 0.230. The Labute approximate surface area is 155 Å². The highest BCUT2D eigenvalue weighted by molar-refractivity contribution is 6.32. The first-order valence-electron chi connectivity index (χ1n) is 8.75. The zero-order valence-corrected chi connectivity index (χ0v) is 14.9. The van der Waals surface area contributed by atoms with E-state index in [2.05, 4.69) is 5.32 Å². The molecule has 0 radical (unpaired) electrons. The number of amides is 2. The molecule has 2 aliphatic heterocycles. The van der Waals surface area contributed by atoms with Crippen molar-refractivity contribution in [1.82, 2.24) is 10.2 Å². The quantitative estimate of drug-likeness (QED) is 0.850. The fraction of sp³-hybridized carbons (Fsp3) is 0.556. The number of hydrogen-bond acceptors (Lipinski definition) is 4. The average molecular weight is 383 g/mol. The molecule has 6 nitrogen and oxygen atoms in total. The highest BCUT2D eigenvalue weighted by Crippen LogP contribution is 2.50. The lowest BCUT2D eigenvalue weighted by Gasteiger charge is -2.58. The van der Waals surface area contributed by atoms with Gasteiger partial charge in [0.1, 0.15) is 24.3 Å². The van der Waals surface area contributed by atoms with E-state index in [-0.39, 0.29) is 34.3 Å². The van der Waals surface area contributed by atoms with E-state index in [1.54, 1.807) is 6.07 Å². The summed E-state index contributed by atoms with van der Waals surface area (Å²) in [6.45, 7) is 1.83. The van der Waals surface area contributed by atoms with Crippen LogP contribution in [-0.2, 0) is 9.53 Å². The molecule has 0 aromatic heterocycles. The third-order valence-electron chi connectivity index (χ3n) is 5.36. The standard InChI is InChI=1S/C18H20ClFN2O4/c19-14-5-11(20)1-3-15(14)26-13-6-18(7-13)9-22(10-18)16(23)4-2-12-8-25-17(24)21-12/h1,3,5,12-13H,2,4,6-10H2,(H,21,24)/t12-/m1/s1. The van der Waals surface area contributed by atoms with E-state index in [4.69, 9.17) is 21.1 Å². The van der Waals surface area contributed by atoms with Crippen LogP contribution in [-0.4, -0.2) is 48.7 Å². The van der Waals surface area contributed by atoms with E-state index in [1.165, 1.54) is 12.1 Å². The van der Waals surface area contributed by atoms with Gasteiger partial charge in [-0.05, 0) is 37.5 Å². The molecular formula is C18H20ClFN2O4. The van der Waals surface area contributed by atoms with Crippen molar-refractivity contribution in [2.45, 2.75) is 37.8 Å². The van der Waals surface area contributed by atoms with Crippen LogP contribution in [0.15, 0.2) is 18.2 Å². The van der Waals surface area contributed by atoms with Crippen molar-refractivity contribution in [2.24, 2.45) is 5.41 Å². The van der Waals surface area contributed by atoms with Gasteiger partial charge in [-0.2, -0.15) is 0 Å². The first-order valence-corrected chi connectivity index (χ1v) is 9.13. The lowest BCUT2D eigenvalue weighted by atomic mass is 9.61. The second kappa shape index (κ2) is 6.61. The summed E-state index contributed by atoms with van der Waals surface area (Å²) < 4.78 is 23.7. The number of ether oxygens (including phenoxy) is 2. The molecule has 3 fully saturated rings. The molecule has 2 amide bonds. The van der Waals surface area contributed by atoms with Crippen molar-refractivity contribution in [3.63, 3.8) is 0 Å². The Morgan fingerprint density at radius 1 is 1.42 bits per heavy atom. The first kappa shape index (κ1) is 17.4. The van der Waals surface area contributed by atoms with Crippen molar-refractivity contribution in [2.75, 3.05) is 19.7 Å². The predicted octanol–water partition coefficient (Wildman–Crippen LogP) is 2.74. The Morgan fingerprint density at radius 3 is 2.85 bits per heavy atom. The second-order valence-corrected chi connectivity index (χ2v) is 7.86. The number of carbonyl (C=O) groups excluding carboxylic acids is 2. The number of nitrogens with zero attached hydrogens (tertiary/aromatic N) is 1. The van der Waals surface area contributed by atoms with Gasteiger partial charge in [-0.3, -0.25) is 4.79 Å². The fourth-order valence-corrected chi connectivity index (χ4v) is 4.19. The Balaban J connectivity index is 1.18. The number of cyclic esters (lactones) is 1. The first-order chi connectivity index (χ1) is 12.4. The summed E-state index contributed by atoms with van der Waals surface area (Å²) in [6.07, 6.45) is 2.40. The summed E-state index contributed by atoms with van der Waals surface area (Å²) in [6, 6.07) is 4.05. The molecule has 1 saturated carbocycles. The molecule has 1 atom stereocenters. The maximum absolute atomic E-state index is 13.1. The Kier molecular flexibility index (Phi) is 4.42. The van der Waals surface area contributed by atoms with Crippen LogP contribution in [0.5, 0.6) is 5.75 Å². The molecule has 2 saturated heterocycles. The van der Waals surface area contributed by atoms with Gasteiger partial charge < -0.3 is 19.7 Å². The molecule has 8 heteroatoms. The van der Waals surface area contributed by atoms with Crippen molar-refractivity contribution in [3.05, 3.63) is 29.0 Å².